The average Bonchev–Trinajstić information content (AvgIpc) is 2.84. The zero-order chi connectivity index (χ0) is 16.5. The van der Waals surface area contributed by atoms with Crippen molar-refractivity contribution in [2.75, 3.05) is 0 Å². The summed E-state index contributed by atoms with van der Waals surface area (Å²) in [6, 6.07) is 20.1. The van der Waals surface area contributed by atoms with E-state index in [1.807, 2.05) is 12.1 Å². The molecule has 24 heavy (non-hydrogen) atoms. The van der Waals surface area contributed by atoms with E-state index < -0.39 is 0 Å². The van der Waals surface area contributed by atoms with Crippen molar-refractivity contribution in [3.05, 3.63) is 77.4 Å². The zero-order valence-electron chi connectivity index (χ0n) is 14.1. The van der Waals surface area contributed by atoms with Crippen molar-refractivity contribution in [2.45, 2.75) is 44.8 Å². The molecule has 2 nitrogen and oxygen atoms in total. The van der Waals surface area contributed by atoms with E-state index in [0.717, 1.165) is 18.5 Å². The van der Waals surface area contributed by atoms with Crippen molar-refractivity contribution < 1.29 is 4.79 Å². The Bertz CT molecular complexity index is 760. The lowest BCUT2D eigenvalue weighted by Gasteiger charge is -2.34. The lowest BCUT2D eigenvalue weighted by atomic mass is 9.93. The van der Waals surface area contributed by atoms with Gasteiger partial charge in [0.2, 0.25) is 0 Å². The Morgan fingerprint density at radius 1 is 1.04 bits per heavy atom. The second-order valence-corrected chi connectivity index (χ2v) is 6.99. The van der Waals surface area contributed by atoms with Crippen molar-refractivity contribution in [3.8, 4) is 0 Å². The molecule has 2 aliphatic rings. The molecule has 2 bridgehead atoms. The van der Waals surface area contributed by atoms with Crippen LogP contribution >= 0.6 is 0 Å². The Kier molecular flexibility index (Phi) is 4.07. The smallest absolute Gasteiger partial charge is 0.159 e. The molecule has 122 valence electrons. The van der Waals surface area contributed by atoms with Gasteiger partial charge >= 0.3 is 0 Å². The maximum atomic E-state index is 11.4. The van der Waals surface area contributed by atoms with Gasteiger partial charge in [0.15, 0.2) is 5.78 Å². The lowest BCUT2D eigenvalue weighted by Crippen LogP contribution is -2.37. The largest absolute Gasteiger partial charge is 0.295 e. The Labute approximate surface area is 143 Å². The van der Waals surface area contributed by atoms with E-state index in [1.54, 1.807) is 6.92 Å². The molecule has 4 rings (SSSR count). The Hall–Kier alpha value is -2.19. The SMILES string of the molecule is CC(=O)c1ccc(C2=CC3CCC(C2)N3Cc2ccccc2)cc1. The topological polar surface area (TPSA) is 20.3 Å². The van der Waals surface area contributed by atoms with Gasteiger partial charge in [0.05, 0.1) is 0 Å². The number of hydrogen-bond donors (Lipinski definition) is 0. The van der Waals surface area contributed by atoms with Crippen LogP contribution in [0.1, 0.15) is 47.7 Å². The maximum absolute atomic E-state index is 11.4. The van der Waals surface area contributed by atoms with Gasteiger partial charge in [-0.1, -0.05) is 60.7 Å². The van der Waals surface area contributed by atoms with Crippen LogP contribution in [0.25, 0.3) is 5.57 Å². The highest BCUT2D eigenvalue weighted by atomic mass is 16.1. The number of hydrogen-bond acceptors (Lipinski definition) is 2. The first-order valence-electron chi connectivity index (χ1n) is 8.82. The van der Waals surface area contributed by atoms with E-state index in [1.165, 1.54) is 29.5 Å². The van der Waals surface area contributed by atoms with Crippen LogP contribution in [-0.2, 0) is 6.54 Å². The van der Waals surface area contributed by atoms with Crippen molar-refractivity contribution in [1.29, 1.82) is 0 Å². The highest BCUT2D eigenvalue weighted by Crippen LogP contribution is 2.39. The number of carbonyl (C=O) groups excluding carboxylic acids is 1. The molecule has 0 N–H and O–H groups in total. The summed E-state index contributed by atoms with van der Waals surface area (Å²) in [5.74, 6) is 0.133. The quantitative estimate of drug-likeness (QED) is 0.761. The number of nitrogens with zero attached hydrogens (tertiary/aromatic N) is 1. The minimum Gasteiger partial charge on any atom is -0.295 e. The van der Waals surface area contributed by atoms with Crippen LogP contribution in [0.3, 0.4) is 0 Å². The predicted molar refractivity (Wildman–Crippen MR) is 97.8 cm³/mol. The summed E-state index contributed by atoms with van der Waals surface area (Å²) in [5.41, 5.74) is 4.92. The molecule has 2 heterocycles. The maximum Gasteiger partial charge on any atom is 0.159 e. The molecular formula is C22H23NO. The van der Waals surface area contributed by atoms with Gasteiger partial charge < -0.3 is 0 Å². The molecule has 0 aliphatic carbocycles. The summed E-state index contributed by atoms with van der Waals surface area (Å²) in [5, 5.41) is 0. The van der Waals surface area contributed by atoms with Gasteiger partial charge in [-0.3, -0.25) is 9.69 Å². The van der Waals surface area contributed by atoms with Crippen molar-refractivity contribution >= 4 is 11.4 Å². The number of ketones is 1. The van der Waals surface area contributed by atoms with Crippen LogP contribution in [0.4, 0.5) is 0 Å². The molecule has 2 aromatic carbocycles. The first kappa shape index (κ1) is 15.3. The molecule has 0 aromatic heterocycles. The second-order valence-electron chi connectivity index (χ2n) is 6.99. The normalized spacial score (nSPS) is 23.1. The fourth-order valence-corrected chi connectivity index (χ4v) is 4.09. The van der Waals surface area contributed by atoms with Crippen molar-refractivity contribution in [2.24, 2.45) is 0 Å². The number of carbonyl (C=O) groups is 1. The summed E-state index contributed by atoms with van der Waals surface area (Å²) in [4.78, 5) is 14.1. The Morgan fingerprint density at radius 2 is 1.79 bits per heavy atom. The zero-order valence-corrected chi connectivity index (χ0v) is 14.1. The van der Waals surface area contributed by atoms with E-state index in [2.05, 4.69) is 53.4 Å². The van der Waals surface area contributed by atoms with Crippen LogP contribution in [0.2, 0.25) is 0 Å². The minimum absolute atomic E-state index is 0.133. The average molecular weight is 317 g/mol. The van der Waals surface area contributed by atoms with Crippen LogP contribution in [0.15, 0.2) is 60.7 Å². The molecule has 2 aromatic rings. The van der Waals surface area contributed by atoms with E-state index in [4.69, 9.17) is 0 Å². The van der Waals surface area contributed by atoms with E-state index >= 15 is 0 Å². The minimum atomic E-state index is 0.133. The predicted octanol–water partition coefficient (Wildman–Crippen LogP) is 4.71. The third-order valence-electron chi connectivity index (χ3n) is 5.41. The second kappa shape index (κ2) is 6.37. The van der Waals surface area contributed by atoms with Crippen molar-refractivity contribution in [3.63, 3.8) is 0 Å². The molecule has 1 fully saturated rings. The number of fused-ring (bicyclic) bond motifs is 2. The Morgan fingerprint density at radius 3 is 2.46 bits per heavy atom. The molecule has 0 saturated carbocycles. The molecule has 0 radical (unpaired) electrons. The molecule has 2 heteroatoms. The lowest BCUT2D eigenvalue weighted by molar-refractivity contribution is 0.101. The van der Waals surface area contributed by atoms with Gasteiger partial charge in [0, 0.05) is 24.2 Å². The Balaban J connectivity index is 1.54. The van der Waals surface area contributed by atoms with Gasteiger partial charge in [-0.2, -0.15) is 0 Å². The first-order valence-corrected chi connectivity index (χ1v) is 8.82. The third kappa shape index (κ3) is 2.94. The molecule has 2 atom stereocenters. The third-order valence-corrected chi connectivity index (χ3v) is 5.41. The van der Waals surface area contributed by atoms with E-state index in [0.29, 0.717) is 12.1 Å². The summed E-state index contributed by atoms with van der Waals surface area (Å²) < 4.78 is 0. The number of benzene rings is 2. The fraction of sp³-hybridized carbons (Fsp3) is 0.318. The van der Waals surface area contributed by atoms with Gasteiger partial charge in [-0.25, -0.2) is 0 Å². The standard InChI is InChI=1S/C22H23NO/c1-16(24)18-7-9-19(10-8-18)20-13-21-11-12-22(14-20)23(21)15-17-5-3-2-4-6-17/h2-10,13,21-22H,11-12,14-15H2,1H3. The van der Waals surface area contributed by atoms with Gasteiger partial charge in [-0.05, 0) is 42.9 Å². The van der Waals surface area contributed by atoms with Crippen LogP contribution in [0, 0.1) is 0 Å². The van der Waals surface area contributed by atoms with E-state index in [-0.39, 0.29) is 5.78 Å². The van der Waals surface area contributed by atoms with Gasteiger partial charge in [-0.15, -0.1) is 0 Å². The molecule has 2 aliphatic heterocycles. The molecule has 2 unspecified atom stereocenters. The van der Waals surface area contributed by atoms with Gasteiger partial charge in [0.25, 0.3) is 0 Å². The molecule has 0 spiro atoms. The van der Waals surface area contributed by atoms with Crippen molar-refractivity contribution in [1.82, 2.24) is 4.90 Å². The first-order chi connectivity index (χ1) is 11.7. The van der Waals surface area contributed by atoms with Crippen LogP contribution in [-0.4, -0.2) is 22.8 Å². The summed E-state index contributed by atoms with van der Waals surface area (Å²) in [6.07, 6.45) is 6.10. The molecular weight excluding hydrogens is 294 g/mol. The highest BCUT2D eigenvalue weighted by Gasteiger charge is 2.36. The molecule has 1 saturated heterocycles. The summed E-state index contributed by atoms with van der Waals surface area (Å²) >= 11 is 0. The summed E-state index contributed by atoms with van der Waals surface area (Å²) in [7, 11) is 0. The highest BCUT2D eigenvalue weighted by molar-refractivity contribution is 5.94. The molecule has 0 amide bonds. The van der Waals surface area contributed by atoms with Gasteiger partial charge in [0.1, 0.15) is 0 Å². The van der Waals surface area contributed by atoms with E-state index in [9.17, 15) is 4.79 Å². The monoisotopic (exact) mass is 317 g/mol. The number of Topliss-reactive ketones (excluding diaryl/α,β-unsaturated/α-hetero) is 1. The van der Waals surface area contributed by atoms with Crippen LogP contribution in [0.5, 0.6) is 0 Å². The fourth-order valence-electron chi connectivity index (χ4n) is 4.09. The van der Waals surface area contributed by atoms with Crippen LogP contribution < -0.4 is 0 Å². The number of rotatable bonds is 4. The summed E-state index contributed by atoms with van der Waals surface area (Å²) in [6.45, 7) is 2.67.